The van der Waals surface area contributed by atoms with Gasteiger partial charge < -0.3 is 9.64 Å². The fourth-order valence-electron chi connectivity index (χ4n) is 2.00. The lowest BCUT2D eigenvalue weighted by Gasteiger charge is -2.24. The number of carbonyl (C=O) groups excluding carboxylic acids is 1. The summed E-state index contributed by atoms with van der Waals surface area (Å²) in [5.41, 5.74) is 1.26. The molecule has 100 valence electrons. The topological polar surface area (TPSA) is 29.5 Å². The first kappa shape index (κ1) is 14.7. The third-order valence-electron chi connectivity index (χ3n) is 3.11. The second-order valence-corrected chi connectivity index (χ2v) is 5.06. The summed E-state index contributed by atoms with van der Waals surface area (Å²) in [6.45, 7) is 5.68. The average molecular weight is 249 g/mol. The van der Waals surface area contributed by atoms with Crippen LogP contribution >= 0.6 is 0 Å². The van der Waals surface area contributed by atoms with Crippen LogP contribution in [0, 0.1) is 11.8 Å². The van der Waals surface area contributed by atoms with E-state index < -0.39 is 0 Å². The molecule has 3 nitrogen and oxygen atoms in total. The average Bonchev–Trinajstić information content (AvgIpc) is 2.36. The van der Waals surface area contributed by atoms with Crippen LogP contribution < -0.4 is 0 Å². The molecule has 1 unspecified atom stereocenters. The SMILES string of the molecule is COC(=O)C(CN(C)Cc1ccccc1)C(C)C. The van der Waals surface area contributed by atoms with Crippen molar-refractivity contribution in [1.82, 2.24) is 4.90 Å². The summed E-state index contributed by atoms with van der Waals surface area (Å²) in [4.78, 5) is 13.9. The van der Waals surface area contributed by atoms with E-state index in [-0.39, 0.29) is 17.8 Å². The van der Waals surface area contributed by atoms with Crippen molar-refractivity contribution in [3.63, 3.8) is 0 Å². The zero-order chi connectivity index (χ0) is 13.5. The summed E-state index contributed by atoms with van der Waals surface area (Å²) in [6, 6.07) is 10.3. The van der Waals surface area contributed by atoms with Crippen molar-refractivity contribution in [3.05, 3.63) is 35.9 Å². The highest BCUT2D eigenvalue weighted by molar-refractivity contribution is 5.72. The van der Waals surface area contributed by atoms with Crippen LogP contribution in [0.3, 0.4) is 0 Å². The zero-order valence-corrected chi connectivity index (χ0v) is 11.7. The molecular weight excluding hydrogens is 226 g/mol. The molecule has 0 heterocycles. The zero-order valence-electron chi connectivity index (χ0n) is 11.7. The molecule has 0 saturated carbocycles. The highest BCUT2D eigenvalue weighted by Crippen LogP contribution is 2.15. The Morgan fingerprint density at radius 3 is 2.39 bits per heavy atom. The quantitative estimate of drug-likeness (QED) is 0.726. The number of methoxy groups -OCH3 is 1. The summed E-state index contributed by atoms with van der Waals surface area (Å²) in [5.74, 6) is 0.101. The van der Waals surface area contributed by atoms with Crippen molar-refractivity contribution in [3.8, 4) is 0 Å². The van der Waals surface area contributed by atoms with Crippen LogP contribution in [-0.4, -0.2) is 31.6 Å². The highest BCUT2D eigenvalue weighted by Gasteiger charge is 2.24. The molecule has 0 fully saturated rings. The van der Waals surface area contributed by atoms with Gasteiger partial charge in [-0.3, -0.25) is 4.79 Å². The predicted molar refractivity (Wildman–Crippen MR) is 73.1 cm³/mol. The van der Waals surface area contributed by atoms with Crippen molar-refractivity contribution in [2.24, 2.45) is 11.8 Å². The lowest BCUT2D eigenvalue weighted by atomic mass is 9.95. The summed E-state index contributed by atoms with van der Waals surface area (Å²) >= 11 is 0. The molecule has 18 heavy (non-hydrogen) atoms. The second kappa shape index (κ2) is 7.17. The summed E-state index contributed by atoms with van der Waals surface area (Å²) < 4.78 is 4.86. The maximum absolute atomic E-state index is 11.7. The number of esters is 1. The minimum Gasteiger partial charge on any atom is -0.469 e. The molecule has 1 aromatic carbocycles. The molecule has 1 aromatic rings. The van der Waals surface area contributed by atoms with Crippen LogP contribution in [0.5, 0.6) is 0 Å². The third kappa shape index (κ3) is 4.49. The number of carbonyl (C=O) groups is 1. The van der Waals surface area contributed by atoms with Crippen LogP contribution in [0.1, 0.15) is 19.4 Å². The molecule has 0 aliphatic heterocycles. The Hall–Kier alpha value is -1.35. The van der Waals surface area contributed by atoms with E-state index >= 15 is 0 Å². The van der Waals surface area contributed by atoms with Crippen LogP contribution in [0.2, 0.25) is 0 Å². The monoisotopic (exact) mass is 249 g/mol. The highest BCUT2D eigenvalue weighted by atomic mass is 16.5. The molecule has 0 saturated heterocycles. The molecule has 0 spiro atoms. The minimum atomic E-state index is -0.120. The molecule has 0 amide bonds. The van der Waals surface area contributed by atoms with Gasteiger partial charge in [0.25, 0.3) is 0 Å². The van der Waals surface area contributed by atoms with E-state index in [0.29, 0.717) is 0 Å². The Kier molecular flexibility index (Phi) is 5.86. The summed E-state index contributed by atoms with van der Waals surface area (Å²) in [6.07, 6.45) is 0. The summed E-state index contributed by atoms with van der Waals surface area (Å²) in [7, 11) is 3.49. The third-order valence-corrected chi connectivity index (χ3v) is 3.11. The Bertz CT molecular complexity index is 362. The van der Waals surface area contributed by atoms with E-state index in [4.69, 9.17) is 4.74 Å². The second-order valence-electron chi connectivity index (χ2n) is 5.06. The standard InChI is InChI=1S/C15H23NO2/c1-12(2)14(15(17)18-4)11-16(3)10-13-8-6-5-7-9-13/h5-9,12,14H,10-11H2,1-4H3. The van der Waals surface area contributed by atoms with Crippen LogP contribution in [0.15, 0.2) is 30.3 Å². The van der Waals surface area contributed by atoms with Crippen molar-refractivity contribution in [2.45, 2.75) is 20.4 Å². The smallest absolute Gasteiger partial charge is 0.310 e. The van der Waals surface area contributed by atoms with Gasteiger partial charge in [-0.05, 0) is 18.5 Å². The van der Waals surface area contributed by atoms with E-state index in [1.165, 1.54) is 12.7 Å². The van der Waals surface area contributed by atoms with Gasteiger partial charge in [0.1, 0.15) is 0 Å². The molecule has 1 rings (SSSR count). The Balaban J connectivity index is 2.56. The maximum atomic E-state index is 11.7. The van der Waals surface area contributed by atoms with Gasteiger partial charge in [-0.2, -0.15) is 0 Å². The van der Waals surface area contributed by atoms with Crippen molar-refractivity contribution in [1.29, 1.82) is 0 Å². The number of ether oxygens (including phenoxy) is 1. The number of nitrogens with zero attached hydrogens (tertiary/aromatic N) is 1. The van der Waals surface area contributed by atoms with Gasteiger partial charge in [-0.1, -0.05) is 44.2 Å². The molecule has 0 aromatic heterocycles. The minimum absolute atomic E-state index is 0.0660. The van der Waals surface area contributed by atoms with Gasteiger partial charge in [-0.15, -0.1) is 0 Å². The maximum Gasteiger partial charge on any atom is 0.310 e. The van der Waals surface area contributed by atoms with E-state index in [9.17, 15) is 4.79 Å². The normalized spacial score (nSPS) is 12.8. The molecule has 0 bridgehead atoms. The molecular formula is C15H23NO2. The van der Waals surface area contributed by atoms with Gasteiger partial charge in [0.2, 0.25) is 0 Å². The lowest BCUT2D eigenvalue weighted by molar-refractivity contribution is -0.147. The molecule has 3 heteroatoms. The first-order valence-electron chi connectivity index (χ1n) is 6.35. The first-order chi connectivity index (χ1) is 8.54. The molecule has 0 N–H and O–H groups in total. The fraction of sp³-hybridized carbons (Fsp3) is 0.533. The number of hydrogen-bond donors (Lipinski definition) is 0. The molecule has 1 atom stereocenters. The van der Waals surface area contributed by atoms with Crippen molar-refractivity contribution in [2.75, 3.05) is 20.7 Å². The fourth-order valence-corrected chi connectivity index (χ4v) is 2.00. The van der Waals surface area contributed by atoms with Gasteiger partial charge in [0, 0.05) is 13.1 Å². The first-order valence-corrected chi connectivity index (χ1v) is 6.35. The Morgan fingerprint density at radius 2 is 1.89 bits per heavy atom. The Morgan fingerprint density at radius 1 is 1.28 bits per heavy atom. The lowest BCUT2D eigenvalue weighted by Crippen LogP contribution is -2.34. The summed E-state index contributed by atoms with van der Waals surface area (Å²) in [5, 5.41) is 0. The Labute approximate surface area is 110 Å². The number of benzene rings is 1. The van der Waals surface area contributed by atoms with E-state index in [1.807, 2.05) is 25.2 Å². The van der Waals surface area contributed by atoms with Gasteiger partial charge in [0.05, 0.1) is 13.0 Å². The number of rotatable bonds is 6. The van der Waals surface area contributed by atoms with E-state index in [2.05, 4.69) is 30.9 Å². The predicted octanol–water partition coefficient (Wildman–Crippen LogP) is 2.56. The van der Waals surface area contributed by atoms with Crippen molar-refractivity contribution >= 4 is 5.97 Å². The molecule has 0 radical (unpaired) electrons. The van der Waals surface area contributed by atoms with E-state index in [1.54, 1.807) is 0 Å². The van der Waals surface area contributed by atoms with Gasteiger partial charge >= 0.3 is 5.97 Å². The molecule has 0 aliphatic carbocycles. The number of hydrogen-bond acceptors (Lipinski definition) is 3. The van der Waals surface area contributed by atoms with E-state index in [0.717, 1.165) is 13.1 Å². The van der Waals surface area contributed by atoms with Crippen molar-refractivity contribution < 1.29 is 9.53 Å². The van der Waals surface area contributed by atoms with Crippen LogP contribution in [-0.2, 0) is 16.1 Å². The van der Waals surface area contributed by atoms with Crippen LogP contribution in [0.25, 0.3) is 0 Å². The molecule has 0 aliphatic rings. The van der Waals surface area contributed by atoms with Crippen LogP contribution in [0.4, 0.5) is 0 Å². The van der Waals surface area contributed by atoms with Gasteiger partial charge in [0.15, 0.2) is 0 Å². The van der Waals surface area contributed by atoms with Gasteiger partial charge in [-0.25, -0.2) is 0 Å². The largest absolute Gasteiger partial charge is 0.469 e.